The number of nitrogens with zero attached hydrogens (tertiary/aromatic N) is 1. The molecule has 0 aromatic heterocycles. The fourth-order valence-electron chi connectivity index (χ4n) is 2.00. The fourth-order valence-corrected chi connectivity index (χ4v) is 2.00. The number of phenolic OH excluding ortho intramolecular Hbond substituents is 1. The van der Waals surface area contributed by atoms with Crippen LogP contribution in [-0.4, -0.2) is 16.7 Å². The number of nitriles is 1. The molecule has 0 unspecified atom stereocenters. The van der Waals surface area contributed by atoms with E-state index in [1.54, 1.807) is 12.1 Å². The van der Waals surface area contributed by atoms with Crippen LogP contribution in [0.25, 0.3) is 0 Å². The monoisotopic (exact) mass is 289 g/mol. The van der Waals surface area contributed by atoms with Gasteiger partial charge in [0.2, 0.25) is 0 Å². The molecule has 0 saturated carbocycles. The molecule has 4 heteroatoms. The van der Waals surface area contributed by atoms with Gasteiger partial charge in [0.1, 0.15) is 17.4 Å². The second-order valence-corrected chi connectivity index (χ2v) is 6.11. The van der Waals surface area contributed by atoms with Gasteiger partial charge in [-0.25, -0.2) is 0 Å². The van der Waals surface area contributed by atoms with Crippen molar-refractivity contribution in [2.24, 2.45) is 0 Å². The summed E-state index contributed by atoms with van der Waals surface area (Å²) in [6.07, 6.45) is 3.96. The molecule has 0 saturated heterocycles. The van der Waals surface area contributed by atoms with E-state index in [4.69, 9.17) is 10.00 Å². The number of esters is 1. The van der Waals surface area contributed by atoms with Crippen molar-refractivity contribution in [1.82, 2.24) is 0 Å². The van der Waals surface area contributed by atoms with Crippen LogP contribution in [0.15, 0.2) is 18.2 Å². The zero-order chi connectivity index (χ0) is 15.9. The van der Waals surface area contributed by atoms with Crippen LogP contribution in [0.4, 0.5) is 0 Å². The topological polar surface area (TPSA) is 70.3 Å². The average molecular weight is 289 g/mol. The number of unbranched alkanes of at least 4 members (excludes halogenated alkanes) is 2. The summed E-state index contributed by atoms with van der Waals surface area (Å²) >= 11 is 0. The van der Waals surface area contributed by atoms with E-state index in [-0.39, 0.29) is 11.7 Å². The highest BCUT2D eigenvalue weighted by Gasteiger charge is 2.15. The number of aromatic hydroxyl groups is 1. The molecule has 1 rings (SSSR count). The van der Waals surface area contributed by atoms with Crippen LogP contribution in [-0.2, 0) is 16.0 Å². The van der Waals surface area contributed by atoms with E-state index >= 15 is 0 Å². The maximum Gasteiger partial charge on any atom is 0.306 e. The van der Waals surface area contributed by atoms with Crippen molar-refractivity contribution in [2.45, 2.75) is 58.5 Å². The first-order valence-corrected chi connectivity index (χ1v) is 7.25. The molecule has 114 valence electrons. The largest absolute Gasteiger partial charge is 0.507 e. The van der Waals surface area contributed by atoms with E-state index < -0.39 is 5.60 Å². The summed E-state index contributed by atoms with van der Waals surface area (Å²) in [6, 6.07) is 7.05. The molecule has 0 amide bonds. The van der Waals surface area contributed by atoms with Crippen molar-refractivity contribution in [2.75, 3.05) is 0 Å². The number of carbonyl (C=O) groups is 1. The summed E-state index contributed by atoms with van der Waals surface area (Å²) in [7, 11) is 0. The Balaban J connectivity index is 2.26. The standard InChI is InChI=1S/C17H23NO3/c1-17(2,3)21-16(20)8-6-4-5-7-13-9-10-15(19)14(11-13)12-18/h9-11,19H,4-8H2,1-3H3. The van der Waals surface area contributed by atoms with Crippen molar-refractivity contribution >= 4 is 5.97 Å². The minimum atomic E-state index is -0.420. The molecule has 4 nitrogen and oxygen atoms in total. The predicted octanol–water partition coefficient (Wildman–Crippen LogP) is 3.71. The SMILES string of the molecule is CC(C)(C)OC(=O)CCCCCc1ccc(O)c(C#N)c1. The molecule has 0 radical (unpaired) electrons. The predicted molar refractivity (Wildman–Crippen MR) is 80.8 cm³/mol. The fraction of sp³-hybridized carbons (Fsp3) is 0.529. The van der Waals surface area contributed by atoms with E-state index in [0.29, 0.717) is 12.0 Å². The van der Waals surface area contributed by atoms with Gasteiger partial charge in [0.25, 0.3) is 0 Å². The second kappa shape index (κ2) is 7.68. The number of hydrogen-bond donors (Lipinski definition) is 1. The van der Waals surface area contributed by atoms with E-state index in [1.807, 2.05) is 32.9 Å². The van der Waals surface area contributed by atoms with Crippen LogP contribution in [0.2, 0.25) is 0 Å². The highest BCUT2D eigenvalue weighted by Crippen LogP contribution is 2.19. The first kappa shape index (κ1) is 17.0. The van der Waals surface area contributed by atoms with E-state index in [9.17, 15) is 9.90 Å². The smallest absolute Gasteiger partial charge is 0.306 e. The molecule has 1 aromatic carbocycles. The highest BCUT2D eigenvalue weighted by molar-refractivity contribution is 5.69. The summed E-state index contributed by atoms with van der Waals surface area (Å²) in [6.45, 7) is 5.59. The van der Waals surface area contributed by atoms with Gasteiger partial charge in [0.05, 0.1) is 5.56 Å². The lowest BCUT2D eigenvalue weighted by molar-refractivity contribution is -0.154. The lowest BCUT2D eigenvalue weighted by atomic mass is 10.0. The Hall–Kier alpha value is -2.02. The number of phenols is 1. The quantitative estimate of drug-likeness (QED) is 0.640. The van der Waals surface area contributed by atoms with Crippen LogP contribution in [0.1, 0.15) is 57.6 Å². The molecule has 0 atom stereocenters. The molecule has 0 aliphatic rings. The van der Waals surface area contributed by atoms with Gasteiger partial charge in [-0.2, -0.15) is 5.26 Å². The van der Waals surface area contributed by atoms with Crippen LogP contribution in [0.3, 0.4) is 0 Å². The Bertz CT molecular complexity index is 524. The van der Waals surface area contributed by atoms with E-state index in [0.717, 1.165) is 31.2 Å². The van der Waals surface area contributed by atoms with Crippen molar-refractivity contribution in [3.8, 4) is 11.8 Å². The molecular formula is C17H23NO3. The van der Waals surface area contributed by atoms with Gasteiger partial charge < -0.3 is 9.84 Å². The number of benzene rings is 1. The summed E-state index contributed by atoms with van der Waals surface area (Å²) in [5.74, 6) is -0.134. The van der Waals surface area contributed by atoms with Crippen molar-refractivity contribution in [3.63, 3.8) is 0 Å². The number of hydrogen-bond acceptors (Lipinski definition) is 4. The van der Waals surface area contributed by atoms with Gasteiger partial charge in [-0.05, 0) is 57.7 Å². The Morgan fingerprint density at radius 1 is 1.29 bits per heavy atom. The minimum Gasteiger partial charge on any atom is -0.507 e. The lowest BCUT2D eigenvalue weighted by Crippen LogP contribution is -2.23. The zero-order valence-electron chi connectivity index (χ0n) is 13.0. The van der Waals surface area contributed by atoms with Gasteiger partial charge in [0, 0.05) is 6.42 Å². The van der Waals surface area contributed by atoms with Crippen LogP contribution in [0.5, 0.6) is 5.75 Å². The van der Waals surface area contributed by atoms with Crippen molar-refractivity contribution in [3.05, 3.63) is 29.3 Å². The lowest BCUT2D eigenvalue weighted by Gasteiger charge is -2.19. The summed E-state index contributed by atoms with van der Waals surface area (Å²) in [4.78, 5) is 11.5. The first-order chi connectivity index (χ1) is 9.81. The molecule has 1 N–H and O–H groups in total. The van der Waals surface area contributed by atoms with Crippen LogP contribution >= 0.6 is 0 Å². The molecule has 0 fully saturated rings. The van der Waals surface area contributed by atoms with E-state index in [2.05, 4.69) is 0 Å². The Morgan fingerprint density at radius 2 is 2.00 bits per heavy atom. The third-order valence-electron chi connectivity index (χ3n) is 2.95. The molecule has 21 heavy (non-hydrogen) atoms. The number of aryl methyl sites for hydroxylation is 1. The van der Waals surface area contributed by atoms with Gasteiger partial charge in [0.15, 0.2) is 0 Å². The molecular weight excluding hydrogens is 266 g/mol. The molecule has 0 aliphatic carbocycles. The number of rotatable bonds is 6. The van der Waals surface area contributed by atoms with Crippen molar-refractivity contribution < 1.29 is 14.6 Å². The van der Waals surface area contributed by atoms with Crippen LogP contribution < -0.4 is 0 Å². The molecule has 0 aliphatic heterocycles. The third kappa shape index (κ3) is 6.80. The van der Waals surface area contributed by atoms with Crippen molar-refractivity contribution in [1.29, 1.82) is 5.26 Å². The Morgan fingerprint density at radius 3 is 2.62 bits per heavy atom. The van der Waals surface area contributed by atoms with Crippen LogP contribution in [0, 0.1) is 11.3 Å². The van der Waals surface area contributed by atoms with Gasteiger partial charge in [-0.1, -0.05) is 12.5 Å². The maximum absolute atomic E-state index is 11.5. The first-order valence-electron chi connectivity index (χ1n) is 7.25. The highest BCUT2D eigenvalue weighted by atomic mass is 16.6. The Kier molecular flexibility index (Phi) is 6.23. The Labute approximate surface area is 126 Å². The number of carbonyl (C=O) groups excluding carboxylic acids is 1. The third-order valence-corrected chi connectivity index (χ3v) is 2.95. The van der Waals surface area contributed by atoms with E-state index in [1.165, 1.54) is 0 Å². The van der Waals surface area contributed by atoms with Gasteiger partial charge >= 0.3 is 5.97 Å². The van der Waals surface area contributed by atoms with Gasteiger partial charge in [-0.3, -0.25) is 4.79 Å². The average Bonchev–Trinajstić information content (AvgIpc) is 2.38. The normalized spacial score (nSPS) is 11.0. The summed E-state index contributed by atoms with van der Waals surface area (Å²) in [5.41, 5.74) is 0.916. The minimum absolute atomic E-state index is 0.0196. The molecule has 0 spiro atoms. The molecule has 0 bridgehead atoms. The molecule has 1 aromatic rings. The number of ether oxygens (including phenoxy) is 1. The second-order valence-electron chi connectivity index (χ2n) is 6.11. The zero-order valence-corrected chi connectivity index (χ0v) is 13.0. The summed E-state index contributed by atoms with van der Waals surface area (Å²) in [5, 5.41) is 18.3. The summed E-state index contributed by atoms with van der Waals surface area (Å²) < 4.78 is 5.24. The van der Waals surface area contributed by atoms with Gasteiger partial charge in [-0.15, -0.1) is 0 Å². The molecule has 0 heterocycles. The maximum atomic E-state index is 11.5.